The zero-order chi connectivity index (χ0) is 21.9. The molecule has 0 bridgehead atoms. The molecule has 0 spiro atoms. The number of benzene rings is 2. The van der Waals surface area contributed by atoms with Crippen molar-refractivity contribution in [3.05, 3.63) is 78.2 Å². The summed E-state index contributed by atoms with van der Waals surface area (Å²) in [5.74, 6) is 0.478. The number of hydrogen-bond donors (Lipinski definition) is 1. The van der Waals surface area contributed by atoms with Gasteiger partial charge in [0.2, 0.25) is 5.95 Å². The highest BCUT2D eigenvalue weighted by atomic mass is 16.5. The second-order valence-corrected chi connectivity index (χ2v) is 7.74. The number of carbonyl (C=O) groups excluding carboxylic acids is 1. The lowest BCUT2D eigenvalue weighted by molar-refractivity contribution is 0.0303. The van der Waals surface area contributed by atoms with Crippen LogP contribution in [0.2, 0.25) is 0 Å². The van der Waals surface area contributed by atoms with E-state index in [-0.39, 0.29) is 5.91 Å². The fraction of sp³-hybridized carbons (Fsp3) is 0.200. The van der Waals surface area contributed by atoms with Gasteiger partial charge in [-0.2, -0.15) is 0 Å². The molecule has 160 valence electrons. The molecule has 3 heterocycles. The van der Waals surface area contributed by atoms with Crippen LogP contribution in [0.4, 0.5) is 11.6 Å². The summed E-state index contributed by atoms with van der Waals surface area (Å²) in [6, 6.07) is 17.5. The van der Waals surface area contributed by atoms with Gasteiger partial charge >= 0.3 is 0 Å². The largest absolute Gasteiger partial charge is 0.378 e. The van der Waals surface area contributed by atoms with Gasteiger partial charge in [-0.1, -0.05) is 30.3 Å². The van der Waals surface area contributed by atoms with Crippen molar-refractivity contribution in [2.45, 2.75) is 6.92 Å². The van der Waals surface area contributed by atoms with E-state index in [9.17, 15) is 4.79 Å². The predicted molar refractivity (Wildman–Crippen MR) is 124 cm³/mol. The Bertz CT molecular complexity index is 1270. The van der Waals surface area contributed by atoms with E-state index in [0.717, 1.165) is 33.4 Å². The molecule has 7 nitrogen and oxygen atoms in total. The van der Waals surface area contributed by atoms with Crippen molar-refractivity contribution in [2.24, 2.45) is 0 Å². The first-order valence-corrected chi connectivity index (χ1v) is 10.6. The van der Waals surface area contributed by atoms with Crippen LogP contribution in [0.15, 0.2) is 67.0 Å². The predicted octanol–water partition coefficient (Wildman–Crippen LogP) is 4.22. The number of amides is 1. The number of aryl methyl sites for hydroxylation is 1. The highest BCUT2D eigenvalue weighted by molar-refractivity contribution is 5.96. The van der Waals surface area contributed by atoms with E-state index >= 15 is 0 Å². The number of para-hydroxylation sites is 1. The zero-order valence-electron chi connectivity index (χ0n) is 17.8. The van der Waals surface area contributed by atoms with Crippen LogP contribution in [0.5, 0.6) is 0 Å². The van der Waals surface area contributed by atoms with Gasteiger partial charge in [-0.3, -0.25) is 9.78 Å². The third-order valence-corrected chi connectivity index (χ3v) is 5.50. The molecule has 32 heavy (non-hydrogen) atoms. The van der Waals surface area contributed by atoms with Crippen LogP contribution in [0.1, 0.15) is 16.1 Å². The van der Waals surface area contributed by atoms with E-state index < -0.39 is 0 Å². The number of fused-ring (bicyclic) bond motifs is 1. The van der Waals surface area contributed by atoms with Gasteiger partial charge in [0.1, 0.15) is 0 Å². The summed E-state index contributed by atoms with van der Waals surface area (Å²) in [6.45, 7) is 4.34. The molecule has 5 rings (SSSR count). The number of aromatic nitrogens is 3. The average Bonchev–Trinajstić information content (AvgIpc) is 2.84. The standard InChI is InChI=1S/C25H23N5O2/c1-17-8-9-19(15-26-17)22-7-3-5-20-16-27-25(29-23(20)22)28-21-6-2-4-18(14-21)24(31)30-10-12-32-13-11-30/h2-9,14-16H,10-13H2,1H3,(H,27,28,29). The first-order valence-electron chi connectivity index (χ1n) is 10.6. The number of ether oxygens (including phenoxy) is 1. The normalized spacial score (nSPS) is 13.8. The Morgan fingerprint density at radius 2 is 1.84 bits per heavy atom. The molecule has 1 N–H and O–H groups in total. The first kappa shape index (κ1) is 20.1. The van der Waals surface area contributed by atoms with E-state index in [0.29, 0.717) is 37.8 Å². The van der Waals surface area contributed by atoms with Crippen molar-refractivity contribution < 1.29 is 9.53 Å². The minimum atomic E-state index is 0.00513. The van der Waals surface area contributed by atoms with Crippen LogP contribution in [0.3, 0.4) is 0 Å². The number of rotatable bonds is 4. The third-order valence-electron chi connectivity index (χ3n) is 5.50. The quantitative estimate of drug-likeness (QED) is 0.527. The summed E-state index contributed by atoms with van der Waals surface area (Å²) in [5, 5.41) is 4.20. The Balaban J connectivity index is 1.44. The van der Waals surface area contributed by atoms with Gasteiger partial charge in [-0.05, 0) is 31.2 Å². The van der Waals surface area contributed by atoms with Crippen molar-refractivity contribution in [1.29, 1.82) is 0 Å². The van der Waals surface area contributed by atoms with Crippen molar-refractivity contribution >= 4 is 28.4 Å². The summed E-state index contributed by atoms with van der Waals surface area (Å²) < 4.78 is 5.34. The van der Waals surface area contributed by atoms with Crippen LogP contribution in [-0.4, -0.2) is 52.1 Å². The molecule has 1 amide bonds. The number of nitrogens with one attached hydrogen (secondary N) is 1. The molecule has 0 saturated carbocycles. The van der Waals surface area contributed by atoms with Gasteiger partial charge in [-0.25, -0.2) is 9.97 Å². The van der Waals surface area contributed by atoms with Crippen LogP contribution in [0, 0.1) is 6.92 Å². The fourth-order valence-electron chi connectivity index (χ4n) is 3.78. The highest BCUT2D eigenvalue weighted by Gasteiger charge is 2.18. The second-order valence-electron chi connectivity index (χ2n) is 7.74. The zero-order valence-corrected chi connectivity index (χ0v) is 17.8. The number of hydrogen-bond acceptors (Lipinski definition) is 6. The number of morpholine rings is 1. The van der Waals surface area contributed by atoms with E-state index in [1.54, 1.807) is 6.20 Å². The Morgan fingerprint density at radius 3 is 2.66 bits per heavy atom. The molecule has 1 aliphatic heterocycles. The van der Waals surface area contributed by atoms with Crippen LogP contribution >= 0.6 is 0 Å². The molecular weight excluding hydrogens is 402 g/mol. The molecule has 0 atom stereocenters. The van der Waals surface area contributed by atoms with Crippen LogP contribution in [0.25, 0.3) is 22.0 Å². The van der Waals surface area contributed by atoms with Crippen LogP contribution < -0.4 is 5.32 Å². The Kier molecular flexibility index (Phi) is 5.47. The Morgan fingerprint density at radius 1 is 1.00 bits per heavy atom. The fourth-order valence-corrected chi connectivity index (χ4v) is 3.78. The topological polar surface area (TPSA) is 80.2 Å². The van der Waals surface area contributed by atoms with E-state index in [2.05, 4.69) is 15.3 Å². The summed E-state index contributed by atoms with van der Waals surface area (Å²) in [5.41, 5.74) is 5.20. The summed E-state index contributed by atoms with van der Waals surface area (Å²) in [6.07, 6.45) is 3.67. The number of carbonyl (C=O) groups is 1. The van der Waals surface area contributed by atoms with Crippen molar-refractivity contribution in [1.82, 2.24) is 19.9 Å². The average molecular weight is 425 g/mol. The maximum absolute atomic E-state index is 12.8. The lowest BCUT2D eigenvalue weighted by Crippen LogP contribution is -2.40. The molecule has 0 unspecified atom stereocenters. The van der Waals surface area contributed by atoms with Crippen molar-refractivity contribution in [2.75, 3.05) is 31.6 Å². The van der Waals surface area contributed by atoms with Gasteiger partial charge in [0.15, 0.2) is 0 Å². The Hall–Kier alpha value is -3.84. The Labute approximate surface area is 186 Å². The smallest absolute Gasteiger partial charge is 0.254 e. The monoisotopic (exact) mass is 425 g/mol. The van der Waals surface area contributed by atoms with Gasteiger partial charge < -0.3 is 15.0 Å². The molecule has 4 aromatic rings. The molecule has 1 saturated heterocycles. The minimum Gasteiger partial charge on any atom is -0.378 e. The van der Waals surface area contributed by atoms with E-state index in [4.69, 9.17) is 9.72 Å². The molecule has 1 fully saturated rings. The number of pyridine rings is 1. The first-order chi connectivity index (χ1) is 15.7. The van der Waals surface area contributed by atoms with Crippen molar-refractivity contribution in [3.63, 3.8) is 0 Å². The maximum atomic E-state index is 12.8. The maximum Gasteiger partial charge on any atom is 0.254 e. The molecule has 7 heteroatoms. The molecule has 0 radical (unpaired) electrons. The molecule has 2 aromatic carbocycles. The second kappa shape index (κ2) is 8.72. The van der Waals surface area contributed by atoms with Gasteiger partial charge in [0.05, 0.1) is 18.7 Å². The number of nitrogens with zero attached hydrogens (tertiary/aromatic N) is 4. The number of anilines is 2. The third kappa shape index (κ3) is 4.15. The highest BCUT2D eigenvalue weighted by Crippen LogP contribution is 2.28. The molecular formula is C25H23N5O2. The summed E-state index contributed by atoms with van der Waals surface area (Å²) in [7, 11) is 0. The summed E-state index contributed by atoms with van der Waals surface area (Å²) >= 11 is 0. The molecule has 0 aliphatic carbocycles. The molecule has 1 aliphatic rings. The van der Waals surface area contributed by atoms with Crippen molar-refractivity contribution in [3.8, 4) is 11.1 Å². The SMILES string of the molecule is Cc1ccc(-c2cccc3cnc(Nc4cccc(C(=O)N5CCOCC5)c4)nc23)cn1. The lowest BCUT2D eigenvalue weighted by Gasteiger charge is -2.27. The van der Waals surface area contributed by atoms with E-state index in [1.807, 2.05) is 72.6 Å². The van der Waals surface area contributed by atoms with E-state index in [1.165, 1.54) is 0 Å². The van der Waals surface area contributed by atoms with Gasteiger partial charge in [0.25, 0.3) is 5.91 Å². The lowest BCUT2D eigenvalue weighted by atomic mass is 10.0. The summed E-state index contributed by atoms with van der Waals surface area (Å²) in [4.78, 5) is 28.3. The minimum absolute atomic E-state index is 0.00513. The van der Waals surface area contributed by atoms with Gasteiger partial charge in [-0.15, -0.1) is 0 Å². The van der Waals surface area contributed by atoms with Crippen LogP contribution in [-0.2, 0) is 4.74 Å². The molecule has 2 aromatic heterocycles. The van der Waals surface area contributed by atoms with Gasteiger partial charge in [0, 0.05) is 58.9 Å².